The number of ketones is 1. The molecule has 0 unspecified atom stereocenters. The van der Waals surface area contributed by atoms with Crippen molar-refractivity contribution in [2.75, 3.05) is 11.9 Å². The molecule has 2 aromatic heterocycles. The largest absolute Gasteiger partial charge is 0.348 e. The monoisotopic (exact) mass is 452 g/mol. The highest BCUT2D eigenvalue weighted by atomic mass is 32.1. The second-order valence-electron chi connectivity index (χ2n) is 8.33. The smallest absolute Gasteiger partial charge is 0.253 e. The van der Waals surface area contributed by atoms with Crippen molar-refractivity contribution in [3.63, 3.8) is 0 Å². The minimum atomic E-state index is -0.360. The average Bonchev–Trinajstić information content (AvgIpc) is 3.42. The van der Waals surface area contributed by atoms with E-state index in [0.29, 0.717) is 22.0 Å². The van der Waals surface area contributed by atoms with Gasteiger partial charge in [-0.25, -0.2) is 4.98 Å². The van der Waals surface area contributed by atoms with Gasteiger partial charge in [0, 0.05) is 34.4 Å². The van der Waals surface area contributed by atoms with Gasteiger partial charge in [-0.3, -0.25) is 14.4 Å². The Kier molecular flexibility index (Phi) is 6.93. The van der Waals surface area contributed by atoms with E-state index >= 15 is 0 Å². The zero-order chi connectivity index (χ0) is 23.5. The summed E-state index contributed by atoms with van der Waals surface area (Å²) in [5.41, 5.74) is 3.48. The van der Waals surface area contributed by atoms with Gasteiger partial charge < -0.3 is 15.2 Å². The van der Waals surface area contributed by atoms with Crippen molar-refractivity contribution in [1.82, 2.24) is 14.9 Å². The van der Waals surface area contributed by atoms with Crippen LogP contribution in [0, 0.1) is 6.92 Å². The number of nitrogens with one attached hydrogen (secondary N) is 2. The lowest BCUT2D eigenvalue weighted by Crippen LogP contribution is -2.32. The van der Waals surface area contributed by atoms with Gasteiger partial charge in [0.2, 0.25) is 5.91 Å². The lowest BCUT2D eigenvalue weighted by atomic mass is 10.0. The molecule has 0 aliphatic carbocycles. The summed E-state index contributed by atoms with van der Waals surface area (Å²) in [7, 11) is 0. The van der Waals surface area contributed by atoms with E-state index < -0.39 is 0 Å². The third-order valence-electron chi connectivity index (χ3n) is 5.59. The SMILES string of the molecule is CCC(C)(C)n1ccc(C(=O)NCC(=O)Nc2nc(-c3ccc(C)c(C(C)=O)c3)cs2)c1. The predicted octanol–water partition coefficient (Wildman–Crippen LogP) is 4.64. The van der Waals surface area contributed by atoms with Crippen LogP contribution in [0.4, 0.5) is 5.13 Å². The minimum Gasteiger partial charge on any atom is -0.348 e. The van der Waals surface area contributed by atoms with E-state index in [9.17, 15) is 14.4 Å². The van der Waals surface area contributed by atoms with Crippen LogP contribution in [0.5, 0.6) is 0 Å². The Balaban J connectivity index is 1.59. The molecule has 2 N–H and O–H groups in total. The summed E-state index contributed by atoms with van der Waals surface area (Å²) in [4.78, 5) is 40.9. The number of nitrogens with zero attached hydrogens (tertiary/aromatic N) is 2. The van der Waals surface area contributed by atoms with Gasteiger partial charge in [-0.15, -0.1) is 11.3 Å². The van der Waals surface area contributed by atoms with Crippen molar-refractivity contribution >= 4 is 34.1 Å². The summed E-state index contributed by atoms with van der Waals surface area (Å²) >= 11 is 1.29. The van der Waals surface area contributed by atoms with Gasteiger partial charge in [-0.1, -0.05) is 19.1 Å². The highest BCUT2D eigenvalue weighted by molar-refractivity contribution is 7.14. The van der Waals surface area contributed by atoms with E-state index in [2.05, 4.69) is 36.4 Å². The van der Waals surface area contributed by atoms with E-state index in [4.69, 9.17) is 0 Å². The van der Waals surface area contributed by atoms with Crippen molar-refractivity contribution < 1.29 is 14.4 Å². The number of carbonyl (C=O) groups is 3. The number of benzene rings is 1. The lowest BCUT2D eigenvalue weighted by molar-refractivity contribution is -0.115. The van der Waals surface area contributed by atoms with E-state index in [1.807, 2.05) is 41.3 Å². The number of aryl methyl sites for hydroxylation is 1. The standard InChI is InChI=1S/C24H28N4O3S/c1-6-24(4,5)28-10-9-18(13-28)22(31)25-12-21(30)27-23-26-20(14-32-23)17-8-7-15(2)19(11-17)16(3)29/h7-11,13-14H,6,12H2,1-5H3,(H,25,31)(H,26,27,30). The fourth-order valence-corrected chi connectivity index (χ4v) is 3.88. The summed E-state index contributed by atoms with van der Waals surface area (Å²) in [6.07, 6.45) is 4.60. The molecule has 0 fully saturated rings. The number of rotatable bonds is 8. The number of hydrogen-bond acceptors (Lipinski definition) is 5. The van der Waals surface area contributed by atoms with Crippen molar-refractivity contribution in [3.8, 4) is 11.3 Å². The van der Waals surface area contributed by atoms with Crippen LogP contribution in [0.3, 0.4) is 0 Å². The van der Waals surface area contributed by atoms with E-state index in [1.54, 1.807) is 12.3 Å². The zero-order valence-electron chi connectivity index (χ0n) is 19.0. The van der Waals surface area contributed by atoms with Gasteiger partial charge in [0.1, 0.15) is 0 Å². The summed E-state index contributed by atoms with van der Waals surface area (Å²) in [5, 5.41) is 7.60. The van der Waals surface area contributed by atoms with Gasteiger partial charge in [-0.2, -0.15) is 0 Å². The second kappa shape index (κ2) is 9.48. The molecule has 2 heterocycles. The van der Waals surface area contributed by atoms with Gasteiger partial charge in [0.15, 0.2) is 10.9 Å². The fraction of sp³-hybridized carbons (Fsp3) is 0.333. The van der Waals surface area contributed by atoms with E-state index in [0.717, 1.165) is 17.5 Å². The van der Waals surface area contributed by atoms with Crippen LogP contribution in [-0.4, -0.2) is 33.7 Å². The number of aromatic nitrogens is 2. The van der Waals surface area contributed by atoms with Crippen molar-refractivity contribution in [2.24, 2.45) is 0 Å². The normalized spacial score (nSPS) is 11.3. The van der Waals surface area contributed by atoms with Crippen LogP contribution >= 0.6 is 11.3 Å². The molecule has 3 rings (SSSR count). The number of anilines is 1. The van der Waals surface area contributed by atoms with E-state index in [1.165, 1.54) is 18.3 Å². The van der Waals surface area contributed by atoms with E-state index in [-0.39, 0.29) is 29.7 Å². The molecule has 7 nitrogen and oxygen atoms in total. The Morgan fingerprint density at radius 1 is 1.19 bits per heavy atom. The van der Waals surface area contributed by atoms with Crippen LogP contribution in [-0.2, 0) is 10.3 Å². The molecule has 0 saturated heterocycles. The Hall–Kier alpha value is -3.26. The summed E-state index contributed by atoms with van der Waals surface area (Å²) in [5.74, 6) is -0.666. The molecule has 32 heavy (non-hydrogen) atoms. The average molecular weight is 453 g/mol. The van der Waals surface area contributed by atoms with Crippen LogP contribution < -0.4 is 10.6 Å². The third-order valence-corrected chi connectivity index (χ3v) is 6.35. The Labute approximate surface area is 191 Å². The van der Waals surface area contributed by atoms with Crippen LogP contribution in [0.15, 0.2) is 42.0 Å². The molecule has 168 valence electrons. The maximum absolute atomic E-state index is 12.4. The van der Waals surface area contributed by atoms with Gasteiger partial charge in [0.05, 0.1) is 17.8 Å². The van der Waals surface area contributed by atoms with Gasteiger partial charge >= 0.3 is 0 Å². The van der Waals surface area contributed by atoms with Gasteiger partial charge in [0.25, 0.3) is 5.91 Å². The van der Waals surface area contributed by atoms with Crippen molar-refractivity contribution in [3.05, 3.63) is 58.7 Å². The first-order valence-corrected chi connectivity index (χ1v) is 11.3. The van der Waals surface area contributed by atoms with Crippen molar-refractivity contribution in [1.29, 1.82) is 0 Å². The number of amides is 2. The summed E-state index contributed by atoms with van der Waals surface area (Å²) < 4.78 is 2.00. The molecule has 3 aromatic rings. The molecule has 1 aromatic carbocycles. The lowest BCUT2D eigenvalue weighted by Gasteiger charge is -2.25. The molecular weight excluding hydrogens is 424 g/mol. The molecule has 0 aliphatic heterocycles. The number of thiazole rings is 1. The molecule has 0 spiro atoms. The Morgan fingerprint density at radius 3 is 2.62 bits per heavy atom. The van der Waals surface area contributed by atoms with Crippen LogP contribution in [0.25, 0.3) is 11.3 Å². The number of Topliss-reactive ketones (excluding diaryl/α,β-unsaturated/α-hetero) is 1. The highest BCUT2D eigenvalue weighted by Gasteiger charge is 2.19. The predicted molar refractivity (Wildman–Crippen MR) is 127 cm³/mol. The molecule has 0 aliphatic rings. The molecule has 0 radical (unpaired) electrons. The molecule has 8 heteroatoms. The number of carbonyl (C=O) groups excluding carboxylic acids is 3. The molecular formula is C24H28N4O3S. The van der Waals surface area contributed by atoms with Gasteiger partial charge in [-0.05, 0) is 51.8 Å². The molecule has 0 saturated carbocycles. The first-order chi connectivity index (χ1) is 15.1. The first kappa shape index (κ1) is 23.4. The highest BCUT2D eigenvalue weighted by Crippen LogP contribution is 2.27. The maximum Gasteiger partial charge on any atom is 0.253 e. The Morgan fingerprint density at radius 2 is 1.94 bits per heavy atom. The number of hydrogen-bond donors (Lipinski definition) is 2. The second-order valence-corrected chi connectivity index (χ2v) is 9.19. The molecule has 2 amide bonds. The minimum absolute atomic E-state index is 0.00236. The maximum atomic E-state index is 12.4. The molecule has 0 bridgehead atoms. The van der Waals surface area contributed by atoms with Crippen LogP contribution in [0.2, 0.25) is 0 Å². The quantitative estimate of drug-likeness (QED) is 0.487. The van der Waals surface area contributed by atoms with Crippen LogP contribution in [0.1, 0.15) is 60.4 Å². The first-order valence-electron chi connectivity index (χ1n) is 10.4. The topological polar surface area (TPSA) is 93.1 Å². The van der Waals surface area contributed by atoms with Crippen molar-refractivity contribution in [2.45, 2.75) is 46.6 Å². The Bertz CT molecular complexity index is 1160. The zero-order valence-corrected chi connectivity index (χ0v) is 19.8. The summed E-state index contributed by atoms with van der Waals surface area (Å²) in [6.45, 7) is 9.56. The molecule has 0 atom stereocenters. The third kappa shape index (κ3) is 5.31. The fourth-order valence-electron chi connectivity index (χ4n) is 3.14. The summed E-state index contributed by atoms with van der Waals surface area (Å²) in [6, 6.07) is 7.34.